The number of nitro groups is 1. The van der Waals surface area contributed by atoms with Gasteiger partial charge in [0.15, 0.2) is 0 Å². The van der Waals surface area contributed by atoms with Crippen LogP contribution in [0, 0.1) is 10.1 Å². The summed E-state index contributed by atoms with van der Waals surface area (Å²) in [5.74, 6) is -1.92. The molecule has 1 atom stereocenters. The Morgan fingerprint density at radius 3 is 2.82 bits per heavy atom. The molecule has 0 aliphatic carbocycles. The van der Waals surface area contributed by atoms with E-state index in [0.29, 0.717) is 5.69 Å². The highest BCUT2D eigenvalue weighted by Gasteiger charge is 2.24. The Morgan fingerprint density at radius 2 is 2.32 bits per heavy atom. The highest BCUT2D eigenvalue weighted by atomic mass is 16.6. The second kappa shape index (κ2) is 6.08. The van der Waals surface area contributed by atoms with Crippen molar-refractivity contribution in [3.05, 3.63) is 46.3 Å². The SMILES string of the molecule is Cn1cc([N+](=O)[O-])cc1C(=O)NC(Cc1cnc[nH]1)C(=O)O. The Kier molecular flexibility index (Phi) is 4.20. The average molecular weight is 307 g/mol. The number of carboxylic acid groups (broad SMARTS) is 1. The first-order valence-electron chi connectivity index (χ1n) is 6.20. The van der Waals surface area contributed by atoms with Crippen molar-refractivity contribution >= 4 is 17.6 Å². The number of aliphatic carboxylic acids is 1. The number of aromatic nitrogens is 3. The Labute approximate surface area is 123 Å². The number of H-pyrrole nitrogens is 1. The van der Waals surface area contributed by atoms with Gasteiger partial charge in [0.25, 0.3) is 11.6 Å². The molecule has 2 aromatic heterocycles. The van der Waals surface area contributed by atoms with E-state index in [-0.39, 0.29) is 17.8 Å². The van der Waals surface area contributed by atoms with Gasteiger partial charge < -0.3 is 20.0 Å². The molecule has 116 valence electrons. The number of aromatic amines is 1. The van der Waals surface area contributed by atoms with Gasteiger partial charge in [0.05, 0.1) is 17.4 Å². The Bertz CT molecular complexity index is 706. The molecule has 3 N–H and O–H groups in total. The fourth-order valence-corrected chi connectivity index (χ4v) is 1.92. The van der Waals surface area contributed by atoms with Gasteiger partial charge in [-0.25, -0.2) is 9.78 Å². The van der Waals surface area contributed by atoms with Gasteiger partial charge in [-0.1, -0.05) is 0 Å². The summed E-state index contributed by atoms with van der Waals surface area (Å²) in [6.07, 6.45) is 4.05. The van der Waals surface area contributed by atoms with E-state index in [0.717, 1.165) is 6.07 Å². The molecule has 0 saturated carbocycles. The summed E-state index contributed by atoms with van der Waals surface area (Å²) < 4.78 is 1.27. The van der Waals surface area contributed by atoms with E-state index in [2.05, 4.69) is 15.3 Å². The zero-order chi connectivity index (χ0) is 16.3. The van der Waals surface area contributed by atoms with Gasteiger partial charge in [-0.2, -0.15) is 0 Å². The molecular formula is C12H13N5O5. The largest absolute Gasteiger partial charge is 0.480 e. The molecule has 1 unspecified atom stereocenters. The van der Waals surface area contributed by atoms with E-state index in [9.17, 15) is 19.7 Å². The average Bonchev–Trinajstić information content (AvgIpc) is 3.07. The summed E-state index contributed by atoms with van der Waals surface area (Å²) in [7, 11) is 1.46. The summed E-state index contributed by atoms with van der Waals surface area (Å²) in [4.78, 5) is 39.9. The summed E-state index contributed by atoms with van der Waals surface area (Å²) >= 11 is 0. The van der Waals surface area contributed by atoms with E-state index in [1.807, 2.05) is 0 Å². The standard InChI is InChI=1S/C12H13N5O5/c1-16-5-8(17(21)22)3-10(16)11(18)15-9(12(19)20)2-7-4-13-6-14-7/h3-6,9H,2H2,1H3,(H,13,14)(H,15,18)(H,19,20). The van der Waals surface area contributed by atoms with Gasteiger partial charge in [0.2, 0.25) is 0 Å². The van der Waals surface area contributed by atoms with Crippen molar-refractivity contribution < 1.29 is 19.6 Å². The maximum atomic E-state index is 12.1. The highest BCUT2D eigenvalue weighted by Crippen LogP contribution is 2.15. The number of carboxylic acids is 1. The first kappa shape index (κ1) is 15.2. The minimum Gasteiger partial charge on any atom is -0.480 e. The predicted octanol–water partition coefficient (Wildman–Crippen LogP) is 0.0821. The van der Waals surface area contributed by atoms with Crippen LogP contribution in [0.25, 0.3) is 0 Å². The first-order chi connectivity index (χ1) is 10.4. The zero-order valence-corrected chi connectivity index (χ0v) is 11.5. The molecule has 2 heterocycles. The molecule has 2 aromatic rings. The lowest BCUT2D eigenvalue weighted by molar-refractivity contribution is -0.384. The Hall–Kier alpha value is -3.17. The predicted molar refractivity (Wildman–Crippen MR) is 73.2 cm³/mol. The molecule has 1 amide bonds. The molecule has 10 heteroatoms. The molecule has 22 heavy (non-hydrogen) atoms. The summed E-state index contributed by atoms with van der Waals surface area (Å²) in [6.45, 7) is 0. The van der Waals surface area contributed by atoms with Crippen LogP contribution < -0.4 is 5.32 Å². The minimum atomic E-state index is -1.22. The third-order valence-corrected chi connectivity index (χ3v) is 3.02. The Morgan fingerprint density at radius 1 is 1.59 bits per heavy atom. The lowest BCUT2D eigenvalue weighted by atomic mass is 10.1. The van der Waals surface area contributed by atoms with Gasteiger partial charge in [-0.05, 0) is 0 Å². The lowest BCUT2D eigenvalue weighted by Gasteiger charge is -2.13. The number of imidazole rings is 1. The van der Waals surface area contributed by atoms with Crippen molar-refractivity contribution in [2.45, 2.75) is 12.5 Å². The molecule has 0 aromatic carbocycles. The van der Waals surface area contributed by atoms with Crippen LogP contribution in [0.15, 0.2) is 24.8 Å². The minimum absolute atomic E-state index is 0.00237. The van der Waals surface area contributed by atoms with Crippen molar-refractivity contribution in [2.75, 3.05) is 0 Å². The number of hydrogen-bond donors (Lipinski definition) is 3. The van der Waals surface area contributed by atoms with E-state index in [4.69, 9.17) is 5.11 Å². The fraction of sp³-hybridized carbons (Fsp3) is 0.250. The number of rotatable bonds is 6. The molecule has 0 aliphatic rings. The van der Waals surface area contributed by atoms with Crippen molar-refractivity contribution in [2.24, 2.45) is 7.05 Å². The normalized spacial score (nSPS) is 11.9. The topological polar surface area (TPSA) is 143 Å². The maximum absolute atomic E-state index is 12.1. The van der Waals surface area contributed by atoms with Crippen molar-refractivity contribution in [1.29, 1.82) is 0 Å². The van der Waals surface area contributed by atoms with Crippen LogP contribution in [-0.2, 0) is 18.3 Å². The number of nitrogens with zero attached hydrogens (tertiary/aromatic N) is 3. The summed E-state index contributed by atoms with van der Waals surface area (Å²) in [5, 5.41) is 22.2. The van der Waals surface area contributed by atoms with Gasteiger partial charge in [0, 0.05) is 31.4 Å². The van der Waals surface area contributed by atoms with E-state index < -0.39 is 22.8 Å². The Balaban J connectivity index is 2.14. The van der Waals surface area contributed by atoms with Crippen molar-refractivity contribution in [3.63, 3.8) is 0 Å². The molecule has 0 fully saturated rings. The molecule has 2 rings (SSSR count). The fourth-order valence-electron chi connectivity index (χ4n) is 1.92. The van der Waals surface area contributed by atoms with Crippen LogP contribution in [0.3, 0.4) is 0 Å². The van der Waals surface area contributed by atoms with E-state index >= 15 is 0 Å². The van der Waals surface area contributed by atoms with Crippen LogP contribution in [-0.4, -0.2) is 42.5 Å². The molecule has 0 spiro atoms. The first-order valence-corrected chi connectivity index (χ1v) is 6.20. The lowest BCUT2D eigenvalue weighted by Crippen LogP contribution is -2.42. The van der Waals surface area contributed by atoms with Crippen molar-refractivity contribution in [3.8, 4) is 0 Å². The molecule has 0 saturated heterocycles. The number of nitrogens with one attached hydrogen (secondary N) is 2. The molecule has 10 nitrogen and oxygen atoms in total. The number of hydrogen-bond acceptors (Lipinski definition) is 5. The number of aryl methyl sites for hydroxylation is 1. The monoisotopic (exact) mass is 307 g/mol. The second-order valence-corrected chi connectivity index (χ2v) is 4.60. The van der Waals surface area contributed by atoms with Crippen LogP contribution in [0.5, 0.6) is 0 Å². The van der Waals surface area contributed by atoms with Crippen LogP contribution >= 0.6 is 0 Å². The van der Waals surface area contributed by atoms with Crippen molar-refractivity contribution in [1.82, 2.24) is 19.9 Å². The summed E-state index contributed by atoms with van der Waals surface area (Å²) in [6, 6.07) is -0.0911. The van der Waals surface area contributed by atoms with Crippen LogP contribution in [0.2, 0.25) is 0 Å². The molecule has 0 radical (unpaired) electrons. The van der Waals surface area contributed by atoms with E-state index in [1.165, 1.54) is 30.3 Å². The van der Waals surface area contributed by atoms with Crippen LogP contribution in [0.1, 0.15) is 16.2 Å². The van der Waals surface area contributed by atoms with Crippen LogP contribution in [0.4, 0.5) is 5.69 Å². The number of carbonyl (C=O) groups excluding carboxylic acids is 1. The quantitative estimate of drug-likeness (QED) is 0.509. The van der Waals surface area contributed by atoms with E-state index in [1.54, 1.807) is 0 Å². The molecule has 0 bridgehead atoms. The highest BCUT2D eigenvalue weighted by molar-refractivity contribution is 5.96. The van der Waals surface area contributed by atoms with Gasteiger partial charge in [-0.3, -0.25) is 14.9 Å². The van der Waals surface area contributed by atoms with Gasteiger partial charge >= 0.3 is 5.97 Å². The maximum Gasteiger partial charge on any atom is 0.326 e. The number of carbonyl (C=O) groups is 2. The zero-order valence-electron chi connectivity index (χ0n) is 11.5. The second-order valence-electron chi connectivity index (χ2n) is 4.60. The van der Waals surface area contributed by atoms with Gasteiger partial charge in [-0.15, -0.1) is 0 Å². The number of amides is 1. The molecular weight excluding hydrogens is 294 g/mol. The third kappa shape index (κ3) is 3.29. The smallest absolute Gasteiger partial charge is 0.326 e. The molecule has 0 aliphatic heterocycles. The summed E-state index contributed by atoms with van der Waals surface area (Å²) in [5.41, 5.74) is 0.307. The third-order valence-electron chi connectivity index (χ3n) is 3.02. The van der Waals surface area contributed by atoms with Gasteiger partial charge in [0.1, 0.15) is 11.7 Å².